The van der Waals surface area contributed by atoms with Gasteiger partial charge in [0.05, 0.1) is 17.6 Å². The number of para-hydroxylation sites is 2. The van der Waals surface area contributed by atoms with Crippen LogP contribution in [0.3, 0.4) is 0 Å². The maximum Gasteiger partial charge on any atom is 0.410 e. The van der Waals surface area contributed by atoms with Crippen molar-refractivity contribution in [1.82, 2.24) is 14.9 Å². The third kappa shape index (κ3) is 4.21. The molecule has 0 saturated carbocycles. The highest BCUT2D eigenvalue weighted by molar-refractivity contribution is 6.32. The van der Waals surface area contributed by atoms with Crippen LogP contribution in [0.15, 0.2) is 24.3 Å². The van der Waals surface area contributed by atoms with Gasteiger partial charge < -0.3 is 19.6 Å². The molecule has 1 aromatic heterocycles. The first-order valence-electron chi connectivity index (χ1n) is 8.55. The molecule has 144 valence electrons. The van der Waals surface area contributed by atoms with E-state index in [0.29, 0.717) is 23.4 Å². The first-order chi connectivity index (χ1) is 12.7. The number of aliphatic carboxylic acids is 1. The van der Waals surface area contributed by atoms with Crippen molar-refractivity contribution in [2.24, 2.45) is 0 Å². The van der Waals surface area contributed by atoms with Crippen molar-refractivity contribution in [3.8, 4) is 0 Å². The molecule has 0 spiro atoms. The fraction of sp³-hybridized carbons (Fsp3) is 0.444. The largest absolute Gasteiger partial charge is 0.480 e. The molecule has 1 N–H and O–H groups in total. The second-order valence-corrected chi connectivity index (χ2v) is 7.66. The first kappa shape index (κ1) is 19.2. The molecule has 2 heterocycles. The Kier molecular flexibility index (Phi) is 5.10. The van der Waals surface area contributed by atoms with Crippen molar-refractivity contribution in [3.05, 3.63) is 29.4 Å². The van der Waals surface area contributed by atoms with Crippen LogP contribution in [0.2, 0.25) is 5.15 Å². The Morgan fingerprint density at radius 1 is 1.19 bits per heavy atom. The Labute approximate surface area is 161 Å². The molecule has 1 saturated heterocycles. The number of piperazine rings is 1. The second kappa shape index (κ2) is 7.19. The number of halogens is 1. The van der Waals surface area contributed by atoms with Crippen molar-refractivity contribution in [1.29, 1.82) is 0 Å². The van der Waals surface area contributed by atoms with E-state index in [9.17, 15) is 14.7 Å². The fourth-order valence-corrected chi connectivity index (χ4v) is 3.13. The van der Waals surface area contributed by atoms with Crippen LogP contribution in [-0.2, 0) is 9.53 Å². The van der Waals surface area contributed by atoms with E-state index in [0.717, 1.165) is 0 Å². The maximum absolute atomic E-state index is 12.3. The number of carboxylic acid groups (broad SMARTS) is 1. The molecule has 1 aliphatic rings. The van der Waals surface area contributed by atoms with Crippen molar-refractivity contribution in [2.45, 2.75) is 32.4 Å². The third-order valence-corrected chi connectivity index (χ3v) is 4.35. The molecule has 0 bridgehead atoms. The quantitative estimate of drug-likeness (QED) is 0.839. The summed E-state index contributed by atoms with van der Waals surface area (Å²) in [6.45, 7) is 5.81. The molecule has 1 aromatic carbocycles. The summed E-state index contributed by atoms with van der Waals surface area (Å²) in [7, 11) is 0. The Balaban J connectivity index is 1.88. The van der Waals surface area contributed by atoms with Crippen LogP contribution in [0.5, 0.6) is 0 Å². The molecule has 0 aliphatic carbocycles. The molecule has 9 heteroatoms. The number of fused-ring (bicyclic) bond motifs is 1. The summed E-state index contributed by atoms with van der Waals surface area (Å²) in [5.41, 5.74) is 0.598. The molecule has 0 unspecified atom stereocenters. The van der Waals surface area contributed by atoms with E-state index < -0.39 is 23.7 Å². The standard InChI is InChI=1S/C18H21ClN4O4/c1-18(2,3)27-17(26)22-8-9-23(13(10-22)16(24)25)15-14(19)20-11-6-4-5-7-12(11)21-15/h4-7,13H,8-10H2,1-3H3,(H,24,25)/t13-/m0/s1. The van der Waals surface area contributed by atoms with E-state index in [4.69, 9.17) is 16.3 Å². The Hall–Kier alpha value is -2.61. The molecule has 1 fully saturated rings. The summed E-state index contributed by atoms with van der Waals surface area (Å²) in [6.07, 6.45) is -0.538. The number of anilines is 1. The zero-order valence-corrected chi connectivity index (χ0v) is 16.1. The zero-order valence-electron chi connectivity index (χ0n) is 15.3. The third-order valence-electron chi connectivity index (χ3n) is 4.10. The highest BCUT2D eigenvalue weighted by atomic mass is 35.5. The predicted molar refractivity (Wildman–Crippen MR) is 101 cm³/mol. The minimum atomic E-state index is -1.07. The summed E-state index contributed by atoms with van der Waals surface area (Å²) < 4.78 is 5.35. The monoisotopic (exact) mass is 392 g/mol. The van der Waals surface area contributed by atoms with Crippen LogP contribution in [0.1, 0.15) is 20.8 Å². The van der Waals surface area contributed by atoms with E-state index in [1.807, 2.05) is 12.1 Å². The number of benzene rings is 1. The van der Waals surface area contributed by atoms with Gasteiger partial charge in [-0.2, -0.15) is 0 Å². The van der Waals surface area contributed by atoms with Gasteiger partial charge in [0.1, 0.15) is 11.6 Å². The Morgan fingerprint density at radius 2 is 1.81 bits per heavy atom. The van der Waals surface area contributed by atoms with E-state index in [1.54, 1.807) is 37.8 Å². The number of carbonyl (C=O) groups is 2. The SMILES string of the molecule is CC(C)(C)OC(=O)N1CCN(c2nc3ccccc3nc2Cl)[C@H](C(=O)O)C1. The van der Waals surface area contributed by atoms with Crippen LogP contribution < -0.4 is 4.90 Å². The molecule has 1 aliphatic heterocycles. The van der Waals surface area contributed by atoms with Gasteiger partial charge in [-0.3, -0.25) is 0 Å². The summed E-state index contributed by atoms with van der Waals surface area (Å²) >= 11 is 6.28. The van der Waals surface area contributed by atoms with Crippen molar-refractivity contribution >= 4 is 40.5 Å². The lowest BCUT2D eigenvalue weighted by Gasteiger charge is -2.40. The van der Waals surface area contributed by atoms with Crippen molar-refractivity contribution < 1.29 is 19.4 Å². The number of nitrogens with zero attached hydrogens (tertiary/aromatic N) is 4. The normalized spacial score (nSPS) is 17.9. The summed E-state index contributed by atoms with van der Waals surface area (Å²) in [4.78, 5) is 35.9. The predicted octanol–water partition coefficient (Wildman–Crippen LogP) is 2.79. The number of hydrogen-bond donors (Lipinski definition) is 1. The second-order valence-electron chi connectivity index (χ2n) is 7.30. The van der Waals surface area contributed by atoms with Crippen LogP contribution in [0.25, 0.3) is 11.0 Å². The molecule has 3 rings (SSSR count). The van der Waals surface area contributed by atoms with Gasteiger partial charge >= 0.3 is 12.1 Å². The van der Waals surface area contributed by atoms with Crippen LogP contribution >= 0.6 is 11.6 Å². The first-order valence-corrected chi connectivity index (χ1v) is 8.93. The molecule has 1 amide bonds. The van der Waals surface area contributed by atoms with Gasteiger partial charge in [0.25, 0.3) is 0 Å². The molecule has 0 radical (unpaired) electrons. The van der Waals surface area contributed by atoms with Gasteiger partial charge in [-0.25, -0.2) is 19.6 Å². The average molecular weight is 393 g/mol. The van der Waals surface area contributed by atoms with Crippen molar-refractivity contribution in [2.75, 3.05) is 24.5 Å². The molecule has 27 heavy (non-hydrogen) atoms. The number of hydrogen-bond acceptors (Lipinski definition) is 6. The topological polar surface area (TPSA) is 95.9 Å². The van der Waals surface area contributed by atoms with E-state index in [1.165, 1.54) is 4.90 Å². The summed E-state index contributed by atoms with van der Waals surface area (Å²) in [6, 6.07) is 6.22. The van der Waals surface area contributed by atoms with Crippen molar-refractivity contribution in [3.63, 3.8) is 0 Å². The summed E-state index contributed by atoms with van der Waals surface area (Å²) in [5.74, 6) is -0.777. The van der Waals surface area contributed by atoms with E-state index >= 15 is 0 Å². The molecule has 8 nitrogen and oxygen atoms in total. The number of amides is 1. The maximum atomic E-state index is 12.3. The highest BCUT2D eigenvalue weighted by Gasteiger charge is 2.37. The number of aromatic nitrogens is 2. The van der Waals surface area contributed by atoms with E-state index in [-0.39, 0.29) is 18.2 Å². The minimum Gasteiger partial charge on any atom is -0.480 e. The minimum absolute atomic E-state index is 0.0327. The smallest absolute Gasteiger partial charge is 0.410 e. The van der Waals surface area contributed by atoms with Crippen LogP contribution in [0, 0.1) is 0 Å². The Morgan fingerprint density at radius 3 is 2.41 bits per heavy atom. The van der Waals surface area contributed by atoms with E-state index in [2.05, 4.69) is 9.97 Å². The molecular formula is C18H21ClN4O4. The lowest BCUT2D eigenvalue weighted by Crippen LogP contribution is -2.58. The number of carboxylic acids is 1. The molecule has 1 atom stereocenters. The highest BCUT2D eigenvalue weighted by Crippen LogP contribution is 2.28. The lowest BCUT2D eigenvalue weighted by atomic mass is 10.1. The van der Waals surface area contributed by atoms with Gasteiger partial charge in [-0.15, -0.1) is 0 Å². The van der Waals surface area contributed by atoms with Gasteiger partial charge in [0, 0.05) is 13.1 Å². The zero-order chi connectivity index (χ0) is 19.8. The molecular weight excluding hydrogens is 372 g/mol. The lowest BCUT2D eigenvalue weighted by molar-refractivity contribution is -0.139. The van der Waals surface area contributed by atoms with Crippen LogP contribution in [-0.4, -0.2) is 63.3 Å². The Bertz CT molecular complexity index is 883. The van der Waals surface area contributed by atoms with Gasteiger partial charge in [-0.1, -0.05) is 23.7 Å². The summed E-state index contributed by atoms with van der Waals surface area (Å²) in [5, 5.41) is 9.82. The van der Waals surface area contributed by atoms with Crippen LogP contribution in [0.4, 0.5) is 10.6 Å². The van der Waals surface area contributed by atoms with Gasteiger partial charge in [0.2, 0.25) is 0 Å². The number of carbonyl (C=O) groups excluding carboxylic acids is 1. The number of rotatable bonds is 2. The van der Waals surface area contributed by atoms with Gasteiger partial charge in [-0.05, 0) is 32.9 Å². The van der Waals surface area contributed by atoms with Gasteiger partial charge in [0.15, 0.2) is 11.0 Å². The average Bonchev–Trinajstić information content (AvgIpc) is 2.59. The molecule has 2 aromatic rings. The number of ether oxygens (including phenoxy) is 1. The fourth-order valence-electron chi connectivity index (χ4n) is 2.89.